The number of nitrogens with zero attached hydrogens (tertiary/aromatic N) is 2. The highest BCUT2D eigenvalue weighted by molar-refractivity contribution is 7.17. The first-order chi connectivity index (χ1) is 9.74. The van der Waals surface area contributed by atoms with E-state index in [9.17, 15) is 9.59 Å². The maximum atomic E-state index is 12.6. The molecule has 1 unspecified atom stereocenters. The molecular weight excluding hydrogens is 272 g/mol. The van der Waals surface area contributed by atoms with Crippen molar-refractivity contribution in [2.24, 2.45) is 0 Å². The Hall–Kier alpha value is -1.88. The molecule has 1 aromatic carbocycles. The van der Waals surface area contributed by atoms with Crippen molar-refractivity contribution < 1.29 is 9.59 Å². The quantitative estimate of drug-likeness (QED) is 0.806. The van der Waals surface area contributed by atoms with Gasteiger partial charge in [0.15, 0.2) is 0 Å². The van der Waals surface area contributed by atoms with Crippen LogP contribution in [0.4, 0.5) is 5.69 Å². The molecule has 0 radical (unpaired) electrons. The van der Waals surface area contributed by atoms with Crippen LogP contribution in [0.5, 0.6) is 0 Å². The molecule has 2 aliphatic rings. The third-order valence-electron chi connectivity index (χ3n) is 4.17. The first kappa shape index (κ1) is 11.9. The summed E-state index contributed by atoms with van der Waals surface area (Å²) >= 11 is 1.68. The van der Waals surface area contributed by atoms with Crippen LogP contribution in [0.25, 0.3) is 10.1 Å². The van der Waals surface area contributed by atoms with Gasteiger partial charge in [0.05, 0.1) is 0 Å². The molecule has 2 fully saturated rings. The fourth-order valence-electron chi connectivity index (χ4n) is 3.15. The lowest BCUT2D eigenvalue weighted by Gasteiger charge is -2.36. The normalized spacial score (nSPS) is 22.7. The molecule has 5 heteroatoms. The Morgan fingerprint density at radius 3 is 3.00 bits per heavy atom. The molecule has 102 valence electrons. The van der Waals surface area contributed by atoms with E-state index in [1.54, 1.807) is 21.1 Å². The molecule has 1 aromatic heterocycles. The summed E-state index contributed by atoms with van der Waals surface area (Å²) in [5.74, 6) is 0.134. The number of carbonyl (C=O) groups excluding carboxylic acids is 2. The molecule has 2 saturated heterocycles. The van der Waals surface area contributed by atoms with Gasteiger partial charge in [-0.25, -0.2) is 0 Å². The van der Waals surface area contributed by atoms with Crippen molar-refractivity contribution in [3.8, 4) is 0 Å². The average Bonchev–Trinajstić information content (AvgIpc) is 3.10. The first-order valence-corrected chi connectivity index (χ1v) is 7.70. The Labute approximate surface area is 120 Å². The minimum absolute atomic E-state index is 0.0664. The summed E-state index contributed by atoms with van der Waals surface area (Å²) in [5, 5.41) is 3.16. The predicted molar refractivity (Wildman–Crippen MR) is 78.9 cm³/mol. The van der Waals surface area contributed by atoms with Crippen LogP contribution in [0.3, 0.4) is 0 Å². The van der Waals surface area contributed by atoms with Gasteiger partial charge in [0, 0.05) is 16.9 Å². The van der Waals surface area contributed by atoms with Crippen molar-refractivity contribution in [3.63, 3.8) is 0 Å². The monoisotopic (exact) mass is 286 g/mol. The van der Waals surface area contributed by atoms with Crippen molar-refractivity contribution in [1.82, 2.24) is 4.90 Å². The van der Waals surface area contributed by atoms with E-state index in [1.807, 2.05) is 29.6 Å². The number of benzene rings is 1. The SMILES string of the molecule is O=C1C2CCCN2C(=O)CN1c1ccc2sccc2c1. The number of hydrogen-bond acceptors (Lipinski definition) is 3. The molecule has 0 N–H and O–H groups in total. The lowest BCUT2D eigenvalue weighted by molar-refractivity contribution is -0.140. The fourth-order valence-corrected chi connectivity index (χ4v) is 3.92. The number of fused-ring (bicyclic) bond motifs is 2. The van der Waals surface area contributed by atoms with Crippen LogP contribution >= 0.6 is 11.3 Å². The third kappa shape index (κ3) is 1.66. The minimum atomic E-state index is -0.241. The van der Waals surface area contributed by atoms with Gasteiger partial charge in [0.1, 0.15) is 12.6 Å². The molecule has 0 bridgehead atoms. The highest BCUT2D eigenvalue weighted by atomic mass is 32.1. The van der Waals surface area contributed by atoms with Gasteiger partial charge in [-0.3, -0.25) is 9.59 Å². The number of thiophene rings is 1. The van der Waals surface area contributed by atoms with Crippen LogP contribution in [0.1, 0.15) is 12.8 Å². The lowest BCUT2D eigenvalue weighted by atomic mass is 10.1. The van der Waals surface area contributed by atoms with E-state index in [0.717, 1.165) is 30.5 Å². The van der Waals surface area contributed by atoms with Gasteiger partial charge >= 0.3 is 0 Å². The van der Waals surface area contributed by atoms with Gasteiger partial charge in [-0.2, -0.15) is 0 Å². The van der Waals surface area contributed by atoms with Crippen molar-refractivity contribution in [2.45, 2.75) is 18.9 Å². The lowest BCUT2D eigenvalue weighted by Crippen LogP contribution is -2.57. The molecule has 2 aromatic rings. The Bertz CT molecular complexity index is 709. The largest absolute Gasteiger partial charge is 0.329 e. The van der Waals surface area contributed by atoms with Crippen LogP contribution in [-0.4, -0.2) is 35.8 Å². The Kier molecular flexibility index (Phi) is 2.57. The molecule has 20 heavy (non-hydrogen) atoms. The van der Waals surface area contributed by atoms with Crippen molar-refractivity contribution >= 4 is 38.9 Å². The number of anilines is 1. The zero-order valence-electron chi connectivity index (χ0n) is 10.9. The van der Waals surface area contributed by atoms with E-state index in [-0.39, 0.29) is 24.4 Å². The summed E-state index contributed by atoms with van der Waals surface area (Å²) in [6.45, 7) is 0.900. The summed E-state index contributed by atoms with van der Waals surface area (Å²) < 4.78 is 1.20. The molecule has 0 aliphatic carbocycles. The van der Waals surface area contributed by atoms with E-state index >= 15 is 0 Å². The molecule has 3 heterocycles. The zero-order valence-corrected chi connectivity index (χ0v) is 11.7. The molecule has 2 aliphatic heterocycles. The summed E-state index contributed by atoms with van der Waals surface area (Å²) in [4.78, 5) is 28.1. The predicted octanol–water partition coefficient (Wildman–Crippen LogP) is 2.24. The van der Waals surface area contributed by atoms with Gasteiger partial charge in [-0.15, -0.1) is 11.3 Å². The summed E-state index contributed by atoms with van der Waals surface area (Å²) in [7, 11) is 0. The molecule has 0 spiro atoms. The first-order valence-electron chi connectivity index (χ1n) is 6.82. The Morgan fingerprint density at radius 1 is 1.20 bits per heavy atom. The maximum absolute atomic E-state index is 12.6. The molecule has 2 amide bonds. The summed E-state index contributed by atoms with van der Waals surface area (Å²) in [5.41, 5.74) is 0.834. The summed E-state index contributed by atoms with van der Waals surface area (Å²) in [6.07, 6.45) is 1.72. The van der Waals surface area contributed by atoms with Crippen LogP contribution < -0.4 is 4.90 Å². The fraction of sp³-hybridized carbons (Fsp3) is 0.333. The zero-order chi connectivity index (χ0) is 13.7. The maximum Gasteiger partial charge on any atom is 0.250 e. The van der Waals surface area contributed by atoms with Crippen molar-refractivity contribution in [3.05, 3.63) is 29.6 Å². The molecule has 4 rings (SSSR count). The Balaban J connectivity index is 1.73. The van der Waals surface area contributed by atoms with E-state index in [2.05, 4.69) is 0 Å². The van der Waals surface area contributed by atoms with Crippen LogP contribution in [-0.2, 0) is 9.59 Å². The van der Waals surface area contributed by atoms with E-state index in [4.69, 9.17) is 0 Å². The number of rotatable bonds is 1. The van der Waals surface area contributed by atoms with Crippen molar-refractivity contribution in [2.75, 3.05) is 18.0 Å². The number of carbonyl (C=O) groups is 2. The van der Waals surface area contributed by atoms with E-state index in [0.29, 0.717) is 0 Å². The van der Waals surface area contributed by atoms with Crippen LogP contribution in [0.15, 0.2) is 29.6 Å². The van der Waals surface area contributed by atoms with E-state index in [1.165, 1.54) is 4.70 Å². The molecule has 1 atom stereocenters. The topological polar surface area (TPSA) is 40.6 Å². The molecular formula is C15H14N2O2S. The average molecular weight is 286 g/mol. The second-order valence-corrected chi connectivity index (χ2v) is 6.26. The third-order valence-corrected chi connectivity index (χ3v) is 5.06. The summed E-state index contributed by atoms with van der Waals surface area (Å²) in [6, 6.07) is 7.76. The smallest absolute Gasteiger partial charge is 0.250 e. The van der Waals surface area contributed by atoms with Crippen LogP contribution in [0, 0.1) is 0 Å². The highest BCUT2D eigenvalue weighted by Crippen LogP contribution is 2.30. The van der Waals surface area contributed by atoms with Gasteiger partial charge in [0.25, 0.3) is 0 Å². The minimum Gasteiger partial charge on any atom is -0.329 e. The number of hydrogen-bond donors (Lipinski definition) is 0. The number of piperazine rings is 1. The van der Waals surface area contributed by atoms with Gasteiger partial charge in [-0.05, 0) is 47.9 Å². The van der Waals surface area contributed by atoms with Crippen LogP contribution in [0.2, 0.25) is 0 Å². The Morgan fingerprint density at radius 2 is 2.10 bits per heavy atom. The van der Waals surface area contributed by atoms with Gasteiger partial charge in [-0.1, -0.05) is 0 Å². The highest BCUT2D eigenvalue weighted by Gasteiger charge is 2.42. The van der Waals surface area contributed by atoms with Crippen molar-refractivity contribution in [1.29, 1.82) is 0 Å². The second-order valence-electron chi connectivity index (χ2n) is 5.31. The standard InChI is InChI=1S/C15H14N2O2S/c18-14-9-17(15(19)12-2-1-6-16(12)14)11-3-4-13-10(8-11)5-7-20-13/h3-5,7-8,12H,1-2,6,9H2. The molecule has 0 saturated carbocycles. The second kappa shape index (κ2) is 4.31. The van der Waals surface area contributed by atoms with Gasteiger partial charge < -0.3 is 9.80 Å². The number of amides is 2. The van der Waals surface area contributed by atoms with E-state index < -0.39 is 0 Å². The van der Waals surface area contributed by atoms with Gasteiger partial charge in [0.2, 0.25) is 11.8 Å². The molecule has 4 nitrogen and oxygen atoms in total.